The fourth-order valence-corrected chi connectivity index (χ4v) is 3.50. The fourth-order valence-electron chi connectivity index (χ4n) is 2.87. The van der Waals surface area contributed by atoms with Crippen molar-refractivity contribution in [3.05, 3.63) is 78.2 Å². The Kier molecular flexibility index (Phi) is 5.01. The molecule has 1 N–H and O–H groups in total. The highest BCUT2D eigenvalue weighted by Gasteiger charge is 2.15. The van der Waals surface area contributed by atoms with Gasteiger partial charge in [0.1, 0.15) is 11.6 Å². The van der Waals surface area contributed by atoms with E-state index in [1.165, 1.54) is 18.4 Å². The molecule has 0 radical (unpaired) electrons. The standard InChI is InChI=1S/C22H18N2O5S/c1-14-3-8-20(23-13-14)24-22(25)16-11-15-9-10-28-21(15)19(12-16)29-17-4-6-18(7-5-17)30(2,26)27/h3-13H,1-2H3,(H,23,24,25). The normalized spacial score (nSPS) is 11.4. The molecule has 0 aliphatic rings. The molecule has 0 spiro atoms. The molecule has 2 aromatic heterocycles. The smallest absolute Gasteiger partial charge is 0.256 e. The van der Waals surface area contributed by atoms with E-state index in [2.05, 4.69) is 10.3 Å². The zero-order chi connectivity index (χ0) is 21.3. The fraction of sp³-hybridized carbons (Fsp3) is 0.0909. The molecule has 2 heterocycles. The summed E-state index contributed by atoms with van der Waals surface area (Å²) in [6, 6.07) is 14.6. The summed E-state index contributed by atoms with van der Waals surface area (Å²) in [5, 5.41) is 3.45. The van der Waals surface area contributed by atoms with Crippen molar-refractivity contribution in [2.24, 2.45) is 0 Å². The molecule has 2 aromatic carbocycles. The van der Waals surface area contributed by atoms with Crippen molar-refractivity contribution in [2.45, 2.75) is 11.8 Å². The summed E-state index contributed by atoms with van der Waals surface area (Å²) in [5.41, 5.74) is 1.84. The highest BCUT2D eigenvalue weighted by Crippen LogP contribution is 2.33. The number of ether oxygens (including phenoxy) is 1. The molecule has 4 aromatic rings. The van der Waals surface area contributed by atoms with Crippen molar-refractivity contribution in [3.63, 3.8) is 0 Å². The quantitative estimate of drug-likeness (QED) is 0.505. The number of anilines is 1. The van der Waals surface area contributed by atoms with E-state index in [0.717, 1.165) is 11.8 Å². The van der Waals surface area contributed by atoms with Gasteiger partial charge < -0.3 is 14.5 Å². The van der Waals surface area contributed by atoms with Crippen LogP contribution in [0.15, 0.2) is 76.4 Å². The predicted molar refractivity (Wildman–Crippen MR) is 113 cm³/mol. The van der Waals surface area contributed by atoms with Gasteiger partial charge in [-0.3, -0.25) is 4.79 Å². The number of benzene rings is 2. The maximum Gasteiger partial charge on any atom is 0.256 e. The minimum absolute atomic E-state index is 0.191. The highest BCUT2D eigenvalue weighted by molar-refractivity contribution is 7.90. The van der Waals surface area contributed by atoms with Crippen molar-refractivity contribution >= 4 is 32.5 Å². The maximum atomic E-state index is 12.7. The van der Waals surface area contributed by atoms with E-state index < -0.39 is 9.84 Å². The SMILES string of the molecule is Cc1ccc(NC(=O)c2cc(Oc3ccc(S(C)(=O)=O)cc3)c3occc3c2)nc1. The van der Waals surface area contributed by atoms with Crippen LogP contribution in [0.2, 0.25) is 0 Å². The van der Waals surface area contributed by atoms with E-state index in [-0.39, 0.29) is 10.8 Å². The number of aryl methyl sites for hydroxylation is 1. The van der Waals surface area contributed by atoms with Crippen molar-refractivity contribution in [2.75, 3.05) is 11.6 Å². The number of carbonyl (C=O) groups is 1. The molecule has 0 unspecified atom stereocenters. The largest absolute Gasteiger partial charge is 0.460 e. The second kappa shape index (κ2) is 7.64. The summed E-state index contributed by atoms with van der Waals surface area (Å²) in [6.07, 6.45) is 4.32. The number of fused-ring (bicyclic) bond motifs is 1. The molecule has 0 aliphatic heterocycles. The van der Waals surface area contributed by atoms with Gasteiger partial charge in [0.25, 0.3) is 5.91 Å². The lowest BCUT2D eigenvalue weighted by atomic mass is 10.1. The number of hydrogen-bond acceptors (Lipinski definition) is 6. The van der Waals surface area contributed by atoms with E-state index in [1.807, 2.05) is 13.0 Å². The van der Waals surface area contributed by atoms with Crippen molar-refractivity contribution in [3.8, 4) is 11.5 Å². The summed E-state index contributed by atoms with van der Waals surface area (Å²) in [4.78, 5) is 17.1. The third kappa shape index (κ3) is 4.18. The molecular formula is C22H18N2O5S. The molecule has 0 bridgehead atoms. The first-order valence-corrected chi connectivity index (χ1v) is 10.9. The van der Waals surface area contributed by atoms with Crippen LogP contribution in [0.3, 0.4) is 0 Å². The van der Waals surface area contributed by atoms with Gasteiger partial charge >= 0.3 is 0 Å². The van der Waals surface area contributed by atoms with Crippen LogP contribution in [0.5, 0.6) is 11.5 Å². The summed E-state index contributed by atoms with van der Waals surface area (Å²) >= 11 is 0. The average molecular weight is 422 g/mol. The molecule has 0 saturated heterocycles. The Morgan fingerprint density at radius 1 is 1.07 bits per heavy atom. The Bertz CT molecular complexity index is 1320. The van der Waals surface area contributed by atoms with E-state index >= 15 is 0 Å². The number of carbonyl (C=O) groups excluding carboxylic acids is 1. The minimum atomic E-state index is -3.30. The van der Waals surface area contributed by atoms with Crippen LogP contribution < -0.4 is 10.1 Å². The lowest BCUT2D eigenvalue weighted by Gasteiger charge is -2.10. The van der Waals surface area contributed by atoms with Gasteiger partial charge in [0.2, 0.25) is 0 Å². The number of nitrogens with zero attached hydrogens (tertiary/aromatic N) is 1. The third-order valence-corrected chi connectivity index (χ3v) is 5.54. The lowest BCUT2D eigenvalue weighted by Crippen LogP contribution is -2.13. The number of furan rings is 1. The number of aromatic nitrogens is 1. The van der Waals surface area contributed by atoms with Gasteiger partial charge in [-0.2, -0.15) is 0 Å². The summed E-state index contributed by atoms with van der Waals surface area (Å²) in [5.74, 6) is 0.855. The minimum Gasteiger partial charge on any atom is -0.460 e. The van der Waals surface area contributed by atoms with Crippen molar-refractivity contribution < 1.29 is 22.4 Å². The highest BCUT2D eigenvalue weighted by atomic mass is 32.2. The zero-order valence-electron chi connectivity index (χ0n) is 16.2. The van der Waals surface area contributed by atoms with E-state index in [1.54, 1.807) is 42.6 Å². The molecule has 1 amide bonds. The summed E-state index contributed by atoms with van der Waals surface area (Å²) in [6.45, 7) is 1.91. The lowest BCUT2D eigenvalue weighted by molar-refractivity contribution is 0.102. The number of pyridine rings is 1. The Morgan fingerprint density at radius 2 is 1.83 bits per heavy atom. The van der Waals surface area contributed by atoms with E-state index in [0.29, 0.717) is 33.8 Å². The first-order valence-electron chi connectivity index (χ1n) is 9.03. The predicted octanol–water partition coefficient (Wildman–Crippen LogP) is 4.58. The zero-order valence-corrected chi connectivity index (χ0v) is 17.1. The van der Waals surface area contributed by atoms with Gasteiger partial charge in [-0.05, 0) is 61.0 Å². The van der Waals surface area contributed by atoms with Gasteiger partial charge in [0.15, 0.2) is 21.2 Å². The Hall–Kier alpha value is -3.65. The Labute approximate surface area is 173 Å². The van der Waals surface area contributed by atoms with Gasteiger partial charge in [-0.25, -0.2) is 13.4 Å². The van der Waals surface area contributed by atoms with Gasteiger partial charge in [0, 0.05) is 23.4 Å². The second-order valence-electron chi connectivity index (χ2n) is 6.83. The maximum absolute atomic E-state index is 12.7. The average Bonchev–Trinajstić information content (AvgIpc) is 3.18. The first-order chi connectivity index (χ1) is 14.3. The molecule has 7 nitrogen and oxygen atoms in total. The molecule has 0 atom stereocenters. The number of nitrogens with one attached hydrogen (secondary N) is 1. The molecule has 0 saturated carbocycles. The molecule has 4 rings (SSSR count). The molecular weight excluding hydrogens is 404 g/mol. The van der Waals surface area contributed by atoms with Gasteiger partial charge in [0.05, 0.1) is 11.2 Å². The van der Waals surface area contributed by atoms with E-state index in [9.17, 15) is 13.2 Å². The van der Waals surface area contributed by atoms with Crippen LogP contribution in [0.25, 0.3) is 11.0 Å². The van der Waals surface area contributed by atoms with Crippen LogP contribution in [0.1, 0.15) is 15.9 Å². The van der Waals surface area contributed by atoms with E-state index in [4.69, 9.17) is 9.15 Å². The molecule has 0 aliphatic carbocycles. The topological polar surface area (TPSA) is 98.5 Å². The van der Waals surface area contributed by atoms with Crippen LogP contribution in [0, 0.1) is 6.92 Å². The van der Waals surface area contributed by atoms with Crippen molar-refractivity contribution in [1.29, 1.82) is 0 Å². The molecule has 8 heteroatoms. The van der Waals surface area contributed by atoms with Gasteiger partial charge in [-0.15, -0.1) is 0 Å². The van der Waals surface area contributed by atoms with Crippen molar-refractivity contribution in [1.82, 2.24) is 4.98 Å². The second-order valence-corrected chi connectivity index (χ2v) is 8.85. The van der Waals surface area contributed by atoms with Crippen LogP contribution >= 0.6 is 0 Å². The summed E-state index contributed by atoms with van der Waals surface area (Å²) < 4.78 is 34.6. The van der Waals surface area contributed by atoms with Crippen LogP contribution in [0.4, 0.5) is 5.82 Å². The molecule has 152 valence electrons. The first kappa shape index (κ1) is 19.7. The van der Waals surface area contributed by atoms with Crippen LogP contribution in [-0.2, 0) is 9.84 Å². The molecule has 0 fully saturated rings. The third-order valence-electron chi connectivity index (χ3n) is 4.41. The monoisotopic (exact) mass is 422 g/mol. The van der Waals surface area contributed by atoms with Gasteiger partial charge in [-0.1, -0.05) is 6.07 Å². The number of amides is 1. The van der Waals surface area contributed by atoms with Crippen LogP contribution in [-0.4, -0.2) is 25.6 Å². The summed E-state index contributed by atoms with van der Waals surface area (Å²) in [7, 11) is -3.30. The number of sulfone groups is 1. The Balaban J connectivity index is 1.64. The molecule has 30 heavy (non-hydrogen) atoms. The number of hydrogen-bond donors (Lipinski definition) is 1. The number of rotatable bonds is 5. The Morgan fingerprint density at radius 3 is 2.50 bits per heavy atom.